The Morgan fingerprint density at radius 1 is 0.759 bits per heavy atom. The molecule has 0 radical (unpaired) electrons. The molecule has 0 amide bonds. The van der Waals surface area contributed by atoms with Crippen molar-refractivity contribution in [3.8, 4) is 11.5 Å². The fraction of sp³-hybridized carbons (Fsp3) is 0.391. The summed E-state index contributed by atoms with van der Waals surface area (Å²) in [5, 5.41) is 4.32. The maximum absolute atomic E-state index is 6.77. The first-order valence-electron chi connectivity index (χ1n) is 10.3. The van der Waals surface area contributed by atoms with E-state index in [0.29, 0.717) is 26.3 Å². The summed E-state index contributed by atoms with van der Waals surface area (Å²) in [4.78, 5) is 0. The second kappa shape index (κ2) is 6.29. The monoisotopic (exact) mass is 413 g/mol. The van der Waals surface area contributed by atoms with Gasteiger partial charge in [-0.15, -0.1) is 0 Å². The summed E-state index contributed by atoms with van der Waals surface area (Å²) < 4.78 is 28.7. The molecule has 0 saturated carbocycles. The van der Waals surface area contributed by atoms with Crippen molar-refractivity contribution < 1.29 is 18.1 Å². The molecule has 0 N–H and O–H groups in total. The number of nitrogens with zero attached hydrogens (tertiary/aromatic N) is 1. The van der Waals surface area contributed by atoms with Gasteiger partial charge >= 0.3 is 171 Å². The van der Waals surface area contributed by atoms with Gasteiger partial charge in [-0.25, -0.2) is 0 Å². The fourth-order valence-electron chi connectivity index (χ4n) is 4.30. The Labute approximate surface area is 171 Å². The van der Waals surface area contributed by atoms with Crippen molar-refractivity contribution in [1.29, 1.82) is 0 Å². The van der Waals surface area contributed by atoms with Crippen LogP contribution in [0.2, 0.25) is 0 Å². The first-order valence-corrected chi connectivity index (χ1v) is 12.2. The normalized spacial score (nSPS) is 22.7. The summed E-state index contributed by atoms with van der Waals surface area (Å²) in [6.07, 6.45) is 0. The molecule has 0 atom stereocenters. The molecule has 2 aliphatic heterocycles. The molecule has 1 fully saturated rings. The third-order valence-electron chi connectivity index (χ3n) is 5.86. The molecule has 0 bridgehead atoms. The number of hydrogen-bond acceptors (Lipinski definition) is 5. The molecule has 29 heavy (non-hydrogen) atoms. The minimum absolute atomic E-state index is 0.0953. The van der Waals surface area contributed by atoms with Crippen molar-refractivity contribution in [1.82, 2.24) is 4.67 Å². The molecular weight excluding hydrogens is 385 g/mol. The number of fused-ring (bicyclic) bond motifs is 6. The van der Waals surface area contributed by atoms with E-state index in [9.17, 15) is 0 Å². The van der Waals surface area contributed by atoms with E-state index >= 15 is 0 Å². The summed E-state index contributed by atoms with van der Waals surface area (Å²) in [7, 11) is -4.00. The van der Waals surface area contributed by atoms with Crippen molar-refractivity contribution in [3.63, 3.8) is 0 Å². The van der Waals surface area contributed by atoms with Gasteiger partial charge in [0.1, 0.15) is 0 Å². The average molecular weight is 413 g/mol. The SMILES string of the molecule is CCN(CC)P12(OCC(C)(C)CO1)Oc1c(c3ccccc3c3ccccc13)O2. The third-order valence-corrected chi connectivity index (χ3v) is 9.45. The fourth-order valence-corrected chi connectivity index (χ4v) is 8.20. The minimum atomic E-state index is -4.00. The summed E-state index contributed by atoms with van der Waals surface area (Å²) >= 11 is 0. The number of rotatable bonds is 3. The molecule has 0 aromatic heterocycles. The Morgan fingerprint density at radius 3 is 1.59 bits per heavy atom. The van der Waals surface area contributed by atoms with Crippen LogP contribution >= 0.6 is 7.66 Å². The van der Waals surface area contributed by atoms with E-state index in [1.54, 1.807) is 0 Å². The van der Waals surface area contributed by atoms with Gasteiger partial charge in [-0.2, -0.15) is 0 Å². The van der Waals surface area contributed by atoms with Crippen molar-refractivity contribution in [2.75, 3.05) is 26.3 Å². The molecule has 154 valence electrons. The summed E-state index contributed by atoms with van der Waals surface area (Å²) in [5.41, 5.74) is -0.0953. The van der Waals surface area contributed by atoms with E-state index in [2.05, 4.69) is 68.8 Å². The molecule has 1 saturated heterocycles. The molecule has 5 rings (SSSR count). The Balaban J connectivity index is 1.79. The van der Waals surface area contributed by atoms with Crippen LogP contribution in [-0.4, -0.2) is 31.0 Å². The zero-order chi connectivity index (χ0) is 20.3. The van der Waals surface area contributed by atoms with Crippen LogP contribution in [0.4, 0.5) is 0 Å². The van der Waals surface area contributed by atoms with Crippen LogP contribution in [0.3, 0.4) is 0 Å². The van der Waals surface area contributed by atoms with Crippen LogP contribution < -0.4 is 9.05 Å². The van der Waals surface area contributed by atoms with Crippen LogP contribution in [-0.2, 0) is 9.05 Å². The van der Waals surface area contributed by atoms with Crippen LogP contribution in [0.15, 0.2) is 48.5 Å². The third kappa shape index (κ3) is 2.62. The van der Waals surface area contributed by atoms with Crippen LogP contribution in [0.1, 0.15) is 27.7 Å². The van der Waals surface area contributed by atoms with Gasteiger partial charge in [-0.05, 0) is 0 Å². The van der Waals surface area contributed by atoms with E-state index in [1.807, 2.05) is 12.1 Å². The van der Waals surface area contributed by atoms with Gasteiger partial charge in [-0.1, -0.05) is 0 Å². The zero-order valence-corrected chi connectivity index (χ0v) is 18.4. The quantitative estimate of drug-likeness (QED) is 0.372. The predicted octanol–water partition coefficient (Wildman–Crippen LogP) is 6.31. The van der Waals surface area contributed by atoms with Gasteiger partial charge in [-0.3, -0.25) is 0 Å². The summed E-state index contributed by atoms with van der Waals surface area (Å²) in [6.45, 7) is 10.9. The van der Waals surface area contributed by atoms with E-state index in [0.717, 1.165) is 33.0 Å². The van der Waals surface area contributed by atoms with E-state index in [-0.39, 0.29) is 5.41 Å². The van der Waals surface area contributed by atoms with Gasteiger partial charge in [0.05, 0.1) is 0 Å². The topological polar surface area (TPSA) is 40.2 Å². The molecule has 1 spiro atoms. The Kier molecular flexibility index (Phi) is 4.14. The van der Waals surface area contributed by atoms with Crippen LogP contribution in [0, 0.1) is 5.41 Å². The Bertz CT molecular complexity index is 1030. The van der Waals surface area contributed by atoms with Crippen molar-refractivity contribution in [2.45, 2.75) is 27.7 Å². The molecule has 3 aromatic carbocycles. The Morgan fingerprint density at radius 2 is 1.17 bits per heavy atom. The number of benzene rings is 3. The van der Waals surface area contributed by atoms with Gasteiger partial charge in [0.25, 0.3) is 0 Å². The maximum atomic E-state index is 6.77. The first kappa shape index (κ1) is 19.1. The van der Waals surface area contributed by atoms with Gasteiger partial charge in [0, 0.05) is 0 Å². The molecule has 2 heterocycles. The van der Waals surface area contributed by atoms with Crippen LogP contribution in [0.25, 0.3) is 21.5 Å². The summed E-state index contributed by atoms with van der Waals surface area (Å²) in [6, 6.07) is 16.6. The van der Waals surface area contributed by atoms with Gasteiger partial charge < -0.3 is 0 Å². The van der Waals surface area contributed by atoms with Crippen molar-refractivity contribution >= 4 is 29.2 Å². The molecule has 0 aliphatic carbocycles. The zero-order valence-electron chi connectivity index (χ0n) is 17.5. The molecule has 5 nitrogen and oxygen atoms in total. The molecule has 6 heteroatoms. The molecule has 2 aliphatic rings. The van der Waals surface area contributed by atoms with E-state index in [4.69, 9.17) is 18.1 Å². The second-order valence-corrected chi connectivity index (χ2v) is 11.6. The molecule has 0 unspecified atom stereocenters. The standard InChI is InChI=1S/C23H28NO4P/c1-5-24(6-2)29(25-15-23(3,4)16-26-29)27-21-19-13-9-7-11-17(19)18-12-8-10-14-20(18)22(21)28-29/h7-14H,5-6,15-16H2,1-4H3. The van der Waals surface area contributed by atoms with E-state index in [1.165, 1.54) is 0 Å². The second-order valence-electron chi connectivity index (χ2n) is 8.56. The average Bonchev–Trinajstić information content (AvgIpc) is 3.09. The predicted molar refractivity (Wildman–Crippen MR) is 118 cm³/mol. The van der Waals surface area contributed by atoms with Gasteiger partial charge in [0.15, 0.2) is 0 Å². The Hall–Kier alpha value is -1.91. The van der Waals surface area contributed by atoms with Gasteiger partial charge in [0.2, 0.25) is 0 Å². The first-order chi connectivity index (χ1) is 13.9. The molecular formula is C23H28NO4P. The summed E-state index contributed by atoms with van der Waals surface area (Å²) in [5.74, 6) is 1.45. The number of hydrogen-bond donors (Lipinski definition) is 0. The van der Waals surface area contributed by atoms with E-state index < -0.39 is 7.66 Å². The molecule has 3 aromatic rings. The van der Waals surface area contributed by atoms with Crippen LogP contribution in [0.5, 0.6) is 11.5 Å². The van der Waals surface area contributed by atoms with Crippen molar-refractivity contribution in [3.05, 3.63) is 48.5 Å². The van der Waals surface area contributed by atoms with Crippen molar-refractivity contribution in [2.24, 2.45) is 5.41 Å².